The molecule has 1 unspecified atom stereocenters. The van der Waals surface area contributed by atoms with Crippen molar-refractivity contribution in [1.29, 1.82) is 0 Å². The van der Waals surface area contributed by atoms with E-state index < -0.39 is 34.7 Å². The molecule has 1 aromatic carbocycles. The second-order valence-corrected chi connectivity index (χ2v) is 11.3. The molecule has 0 radical (unpaired) electrons. The normalized spacial score (nSPS) is 18.4. The number of amides is 2. The van der Waals surface area contributed by atoms with Crippen LogP contribution in [0.5, 0.6) is 0 Å². The van der Waals surface area contributed by atoms with Gasteiger partial charge in [-0.1, -0.05) is 56.3 Å². The fourth-order valence-electron chi connectivity index (χ4n) is 3.06. The standard InChI is InChI=1S/C23H31ClN2O5S/c1-15(2)30-20(28)25-13-12-23(19(27)32-22(5,6)7,26(25)21(29)31-16(3)4)14-17-8-10-18(24)11-9-17/h8-13,15-16H,14H2,1-7H3. The Labute approximate surface area is 199 Å². The molecule has 2 amide bonds. The van der Waals surface area contributed by atoms with Crippen molar-refractivity contribution >= 4 is 40.7 Å². The van der Waals surface area contributed by atoms with E-state index >= 15 is 0 Å². The molecular weight excluding hydrogens is 452 g/mol. The summed E-state index contributed by atoms with van der Waals surface area (Å²) in [5, 5.41) is 2.34. The Kier molecular flexibility index (Phi) is 8.28. The number of thioether (sulfide) groups is 1. The highest BCUT2D eigenvalue weighted by Crippen LogP contribution is 2.39. The number of hydrogen-bond acceptors (Lipinski definition) is 6. The first-order chi connectivity index (χ1) is 14.7. The van der Waals surface area contributed by atoms with Crippen molar-refractivity contribution in [2.24, 2.45) is 0 Å². The fraction of sp³-hybridized carbons (Fsp3) is 0.522. The van der Waals surface area contributed by atoms with Gasteiger partial charge in [0.05, 0.1) is 12.2 Å². The molecule has 1 aliphatic heterocycles. The van der Waals surface area contributed by atoms with Crippen molar-refractivity contribution in [2.45, 2.75) is 77.4 Å². The molecule has 0 saturated heterocycles. The van der Waals surface area contributed by atoms with Crippen LogP contribution in [0.1, 0.15) is 54.0 Å². The summed E-state index contributed by atoms with van der Waals surface area (Å²) in [4.78, 5) is 39.7. The Bertz CT molecular complexity index is 879. The number of halogens is 1. The van der Waals surface area contributed by atoms with Crippen LogP contribution in [0.4, 0.5) is 9.59 Å². The summed E-state index contributed by atoms with van der Waals surface area (Å²) in [6.45, 7) is 12.5. The van der Waals surface area contributed by atoms with E-state index in [0.29, 0.717) is 5.02 Å². The Morgan fingerprint density at radius 2 is 1.53 bits per heavy atom. The van der Waals surface area contributed by atoms with Gasteiger partial charge >= 0.3 is 12.2 Å². The largest absolute Gasteiger partial charge is 0.445 e. The SMILES string of the molecule is CC(C)OC(=O)N1C=CC(Cc2ccc(Cl)cc2)(C(=O)SC(C)(C)C)N1C(=O)OC(C)C. The van der Waals surface area contributed by atoms with Crippen molar-refractivity contribution in [3.05, 3.63) is 47.1 Å². The molecule has 0 aliphatic carbocycles. The van der Waals surface area contributed by atoms with Crippen molar-refractivity contribution in [3.63, 3.8) is 0 Å². The Morgan fingerprint density at radius 3 is 2.03 bits per heavy atom. The molecule has 0 saturated carbocycles. The maximum Gasteiger partial charge on any atom is 0.433 e. The van der Waals surface area contributed by atoms with Crippen LogP contribution in [0.25, 0.3) is 0 Å². The van der Waals surface area contributed by atoms with Crippen LogP contribution >= 0.6 is 23.4 Å². The van der Waals surface area contributed by atoms with Crippen LogP contribution in [0, 0.1) is 0 Å². The van der Waals surface area contributed by atoms with Gasteiger partial charge < -0.3 is 9.47 Å². The van der Waals surface area contributed by atoms with Crippen molar-refractivity contribution in [2.75, 3.05) is 0 Å². The summed E-state index contributed by atoms with van der Waals surface area (Å²) in [5.74, 6) is 0. The van der Waals surface area contributed by atoms with Crippen molar-refractivity contribution in [3.8, 4) is 0 Å². The van der Waals surface area contributed by atoms with Gasteiger partial charge in [-0.05, 0) is 51.5 Å². The minimum Gasteiger partial charge on any atom is -0.445 e. The first kappa shape index (κ1) is 26.1. The van der Waals surface area contributed by atoms with Gasteiger partial charge in [0.15, 0.2) is 5.54 Å². The zero-order valence-corrected chi connectivity index (χ0v) is 21.1. The molecule has 1 heterocycles. The summed E-state index contributed by atoms with van der Waals surface area (Å²) in [6, 6.07) is 7.00. The summed E-state index contributed by atoms with van der Waals surface area (Å²) < 4.78 is 10.3. The zero-order chi connectivity index (χ0) is 24.3. The second-order valence-electron chi connectivity index (χ2n) is 9.07. The maximum absolute atomic E-state index is 13.7. The highest BCUT2D eigenvalue weighted by atomic mass is 35.5. The lowest BCUT2D eigenvalue weighted by Gasteiger charge is -2.40. The average Bonchev–Trinajstić information content (AvgIpc) is 3.02. The summed E-state index contributed by atoms with van der Waals surface area (Å²) in [5.41, 5.74) is -0.725. The lowest BCUT2D eigenvalue weighted by Crippen LogP contribution is -2.60. The third-order valence-electron chi connectivity index (χ3n) is 4.26. The molecule has 1 atom stereocenters. The number of hydrogen-bond donors (Lipinski definition) is 0. The van der Waals surface area contributed by atoms with Crippen LogP contribution in [-0.4, -0.2) is 49.8 Å². The maximum atomic E-state index is 13.7. The van der Waals surface area contributed by atoms with E-state index in [4.69, 9.17) is 21.1 Å². The lowest BCUT2D eigenvalue weighted by atomic mass is 9.92. The Morgan fingerprint density at radius 1 is 1.00 bits per heavy atom. The van der Waals surface area contributed by atoms with E-state index in [0.717, 1.165) is 27.3 Å². The zero-order valence-electron chi connectivity index (χ0n) is 19.5. The van der Waals surface area contributed by atoms with Gasteiger partial charge in [0.1, 0.15) is 0 Å². The van der Waals surface area contributed by atoms with E-state index in [9.17, 15) is 14.4 Å². The van der Waals surface area contributed by atoms with E-state index in [1.807, 2.05) is 20.8 Å². The minimum atomic E-state index is -1.49. The molecule has 1 aliphatic rings. The third kappa shape index (κ3) is 6.42. The Balaban J connectivity index is 2.59. The molecule has 2 rings (SSSR count). The third-order valence-corrected chi connectivity index (χ3v) is 5.66. The van der Waals surface area contributed by atoms with Gasteiger partial charge in [0, 0.05) is 22.4 Å². The second kappa shape index (κ2) is 10.2. The van der Waals surface area contributed by atoms with Crippen molar-refractivity contribution < 1.29 is 23.9 Å². The van der Waals surface area contributed by atoms with Crippen LogP contribution in [-0.2, 0) is 20.7 Å². The Hall–Kier alpha value is -2.19. The predicted octanol–water partition coefficient (Wildman–Crippen LogP) is 5.82. The highest BCUT2D eigenvalue weighted by molar-refractivity contribution is 8.15. The molecular formula is C23H31ClN2O5S. The van der Waals surface area contributed by atoms with Gasteiger partial charge in [0.25, 0.3) is 0 Å². The van der Waals surface area contributed by atoms with Crippen molar-refractivity contribution in [1.82, 2.24) is 10.0 Å². The topological polar surface area (TPSA) is 76.2 Å². The van der Waals surface area contributed by atoms with E-state index in [1.165, 1.54) is 6.20 Å². The fourth-order valence-corrected chi connectivity index (χ4v) is 4.15. The van der Waals surface area contributed by atoms with E-state index in [-0.39, 0.29) is 11.5 Å². The van der Waals surface area contributed by atoms with Gasteiger partial charge in [-0.15, -0.1) is 0 Å². The summed E-state index contributed by atoms with van der Waals surface area (Å²) in [7, 11) is 0. The van der Waals surface area contributed by atoms with Gasteiger partial charge in [-0.3, -0.25) is 4.79 Å². The van der Waals surface area contributed by atoms with E-state index in [1.54, 1.807) is 58.0 Å². The molecule has 7 nitrogen and oxygen atoms in total. The van der Waals surface area contributed by atoms with Gasteiger partial charge in [0.2, 0.25) is 5.12 Å². The van der Waals surface area contributed by atoms with Crippen LogP contribution in [0.2, 0.25) is 5.02 Å². The number of carbonyl (C=O) groups is 3. The minimum absolute atomic E-state index is 0.126. The molecule has 0 spiro atoms. The first-order valence-electron chi connectivity index (χ1n) is 10.4. The molecule has 0 fully saturated rings. The number of carbonyl (C=O) groups excluding carboxylic acids is 3. The molecule has 32 heavy (non-hydrogen) atoms. The quantitative estimate of drug-likeness (QED) is 0.526. The molecule has 0 aromatic heterocycles. The number of nitrogens with zero attached hydrogens (tertiary/aromatic N) is 2. The molecule has 0 bridgehead atoms. The summed E-state index contributed by atoms with van der Waals surface area (Å²) >= 11 is 7.12. The average molecular weight is 483 g/mol. The van der Waals surface area contributed by atoms with Gasteiger partial charge in [-0.2, -0.15) is 10.0 Å². The monoisotopic (exact) mass is 482 g/mol. The number of ether oxygens (including phenoxy) is 2. The summed E-state index contributed by atoms with van der Waals surface area (Å²) in [6.07, 6.45) is 0.622. The number of rotatable bonds is 5. The lowest BCUT2D eigenvalue weighted by molar-refractivity contribution is -0.124. The molecule has 1 aromatic rings. The van der Waals surface area contributed by atoms with E-state index in [2.05, 4.69) is 0 Å². The van der Waals surface area contributed by atoms with Crippen LogP contribution in [0.3, 0.4) is 0 Å². The van der Waals surface area contributed by atoms with Crippen LogP contribution < -0.4 is 0 Å². The van der Waals surface area contributed by atoms with Crippen LogP contribution in [0.15, 0.2) is 36.5 Å². The number of benzene rings is 1. The molecule has 0 N–H and O–H groups in total. The highest BCUT2D eigenvalue weighted by Gasteiger charge is 2.54. The van der Waals surface area contributed by atoms with Gasteiger partial charge in [-0.25, -0.2) is 9.59 Å². The molecule has 176 valence electrons. The molecule has 9 heteroatoms. The first-order valence-corrected chi connectivity index (χ1v) is 11.6. The number of hydrazine groups is 1. The smallest absolute Gasteiger partial charge is 0.433 e. The predicted molar refractivity (Wildman–Crippen MR) is 126 cm³/mol.